The monoisotopic (exact) mass is 250 g/mol. The van der Waals surface area contributed by atoms with E-state index in [2.05, 4.69) is 23.1 Å². The zero-order chi connectivity index (χ0) is 11.8. The van der Waals surface area contributed by atoms with Gasteiger partial charge in [-0.3, -0.25) is 0 Å². The lowest BCUT2D eigenvalue weighted by Crippen LogP contribution is -2.27. The molecule has 0 aliphatic rings. The molecule has 0 atom stereocenters. The smallest absolute Gasteiger partial charge is 0.136 e. The van der Waals surface area contributed by atoms with E-state index in [0.29, 0.717) is 13.0 Å². The summed E-state index contributed by atoms with van der Waals surface area (Å²) in [4.78, 5) is 2.07. The molecular formula is C12H14N2S2. The molecule has 1 rings (SSSR count). The van der Waals surface area contributed by atoms with Crippen molar-refractivity contribution in [2.24, 2.45) is 0 Å². The van der Waals surface area contributed by atoms with Gasteiger partial charge < -0.3 is 4.90 Å². The van der Waals surface area contributed by atoms with Crippen molar-refractivity contribution in [1.82, 2.24) is 4.90 Å². The Morgan fingerprint density at radius 2 is 2.12 bits per heavy atom. The first kappa shape index (κ1) is 13.0. The molecular weight excluding hydrogens is 236 g/mol. The van der Waals surface area contributed by atoms with Crippen LogP contribution in [0.1, 0.15) is 12.0 Å². The molecule has 0 radical (unpaired) electrons. The van der Waals surface area contributed by atoms with Gasteiger partial charge in [-0.2, -0.15) is 5.26 Å². The van der Waals surface area contributed by atoms with E-state index in [-0.39, 0.29) is 0 Å². The quantitative estimate of drug-likeness (QED) is 0.768. The average Bonchev–Trinajstić information content (AvgIpc) is 2.34. The Morgan fingerprint density at radius 3 is 2.69 bits per heavy atom. The van der Waals surface area contributed by atoms with E-state index >= 15 is 0 Å². The molecule has 1 aromatic rings. The highest BCUT2D eigenvalue weighted by molar-refractivity contribution is 8.22. The Kier molecular flexibility index (Phi) is 5.91. The van der Waals surface area contributed by atoms with Gasteiger partial charge in [-0.25, -0.2) is 0 Å². The predicted molar refractivity (Wildman–Crippen MR) is 73.2 cm³/mol. The largest absolute Gasteiger partial charge is 0.352 e. The molecule has 16 heavy (non-hydrogen) atoms. The van der Waals surface area contributed by atoms with E-state index in [0.717, 1.165) is 10.9 Å². The fraction of sp³-hybridized carbons (Fsp3) is 0.333. The van der Waals surface area contributed by atoms with Gasteiger partial charge in [0.2, 0.25) is 0 Å². The highest BCUT2D eigenvalue weighted by atomic mass is 32.2. The molecule has 0 spiro atoms. The minimum atomic E-state index is 0.507. The molecule has 84 valence electrons. The van der Waals surface area contributed by atoms with Crippen molar-refractivity contribution in [3.63, 3.8) is 0 Å². The molecule has 0 aliphatic carbocycles. The van der Waals surface area contributed by atoms with Crippen molar-refractivity contribution in [3.8, 4) is 6.07 Å². The van der Waals surface area contributed by atoms with Crippen LogP contribution >= 0.6 is 24.0 Å². The average molecular weight is 250 g/mol. The van der Waals surface area contributed by atoms with Crippen LogP contribution in [0, 0.1) is 11.3 Å². The summed E-state index contributed by atoms with van der Waals surface area (Å²) in [5.41, 5.74) is 1.22. The van der Waals surface area contributed by atoms with E-state index in [1.807, 2.05) is 24.5 Å². The van der Waals surface area contributed by atoms with Gasteiger partial charge in [-0.1, -0.05) is 42.5 Å². The standard InChI is InChI=1S/C12H14N2S2/c1-16-12(15)14(9-5-8-13)10-11-6-3-2-4-7-11/h2-4,6-7H,5,9-10H2,1H3. The summed E-state index contributed by atoms with van der Waals surface area (Å²) in [5.74, 6) is 0. The second-order valence-electron chi connectivity index (χ2n) is 3.29. The molecule has 4 heteroatoms. The summed E-state index contributed by atoms with van der Waals surface area (Å²) in [6.07, 6.45) is 2.47. The summed E-state index contributed by atoms with van der Waals surface area (Å²) in [5, 5.41) is 8.61. The molecule has 0 bridgehead atoms. The molecule has 0 N–H and O–H groups in total. The lowest BCUT2D eigenvalue weighted by molar-refractivity contribution is 0.437. The van der Waals surface area contributed by atoms with Crippen LogP contribution in [0.4, 0.5) is 0 Å². The third kappa shape index (κ3) is 4.21. The van der Waals surface area contributed by atoms with Gasteiger partial charge in [0.15, 0.2) is 0 Å². The number of hydrogen-bond acceptors (Lipinski definition) is 3. The molecule has 0 heterocycles. The Balaban J connectivity index is 2.64. The molecule has 0 unspecified atom stereocenters. The SMILES string of the molecule is CSC(=S)N(CCC#N)Cc1ccccc1. The number of nitriles is 1. The molecule has 0 saturated heterocycles. The van der Waals surface area contributed by atoms with E-state index < -0.39 is 0 Å². The Hall–Kier alpha value is -1.05. The fourth-order valence-electron chi connectivity index (χ4n) is 1.35. The molecule has 0 aromatic heterocycles. The summed E-state index contributed by atoms with van der Waals surface area (Å²) in [6.45, 7) is 1.48. The van der Waals surface area contributed by atoms with Crippen LogP contribution in [-0.2, 0) is 6.54 Å². The molecule has 2 nitrogen and oxygen atoms in total. The van der Waals surface area contributed by atoms with Gasteiger partial charge in [-0.15, -0.1) is 11.8 Å². The second-order valence-corrected chi connectivity index (χ2v) is 4.73. The van der Waals surface area contributed by atoms with Crippen LogP contribution in [-0.4, -0.2) is 22.0 Å². The number of hydrogen-bond donors (Lipinski definition) is 0. The number of thioether (sulfide) groups is 1. The van der Waals surface area contributed by atoms with Crippen molar-refractivity contribution >= 4 is 28.3 Å². The zero-order valence-corrected chi connectivity index (χ0v) is 10.9. The second kappa shape index (κ2) is 7.26. The number of thiocarbonyl (C=S) groups is 1. The lowest BCUT2D eigenvalue weighted by atomic mass is 10.2. The number of benzene rings is 1. The molecule has 1 aromatic carbocycles. The first-order chi connectivity index (χ1) is 7.77. The fourth-order valence-corrected chi connectivity index (χ4v) is 1.92. The van der Waals surface area contributed by atoms with E-state index in [9.17, 15) is 0 Å². The van der Waals surface area contributed by atoms with Crippen LogP contribution in [0.2, 0.25) is 0 Å². The lowest BCUT2D eigenvalue weighted by Gasteiger charge is -2.23. The third-order valence-electron chi connectivity index (χ3n) is 2.14. The van der Waals surface area contributed by atoms with Gasteiger partial charge in [0.25, 0.3) is 0 Å². The van der Waals surface area contributed by atoms with Gasteiger partial charge in [0.1, 0.15) is 4.32 Å². The van der Waals surface area contributed by atoms with Crippen LogP contribution in [0.5, 0.6) is 0 Å². The highest BCUT2D eigenvalue weighted by Gasteiger charge is 2.08. The summed E-state index contributed by atoms with van der Waals surface area (Å²) in [7, 11) is 0. The van der Waals surface area contributed by atoms with Crippen molar-refractivity contribution < 1.29 is 0 Å². The van der Waals surface area contributed by atoms with Crippen molar-refractivity contribution in [2.75, 3.05) is 12.8 Å². The van der Waals surface area contributed by atoms with Crippen LogP contribution in [0.25, 0.3) is 0 Å². The topological polar surface area (TPSA) is 27.0 Å². The van der Waals surface area contributed by atoms with E-state index in [4.69, 9.17) is 17.5 Å². The van der Waals surface area contributed by atoms with Gasteiger partial charge in [-0.05, 0) is 11.8 Å². The van der Waals surface area contributed by atoms with Crippen molar-refractivity contribution in [3.05, 3.63) is 35.9 Å². The van der Waals surface area contributed by atoms with E-state index in [1.165, 1.54) is 5.56 Å². The summed E-state index contributed by atoms with van der Waals surface area (Å²) in [6, 6.07) is 12.3. The Morgan fingerprint density at radius 1 is 1.44 bits per heavy atom. The first-order valence-electron chi connectivity index (χ1n) is 5.01. The zero-order valence-electron chi connectivity index (χ0n) is 9.22. The van der Waals surface area contributed by atoms with Crippen LogP contribution in [0.3, 0.4) is 0 Å². The maximum Gasteiger partial charge on any atom is 0.136 e. The minimum Gasteiger partial charge on any atom is -0.352 e. The van der Waals surface area contributed by atoms with Crippen molar-refractivity contribution in [2.45, 2.75) is 13.0 Å². The molecule has 0 amide bonds. The summed E-state index contributed by atoms with van der Waals surface area (Å²) < 4.78 is 0.846. The molecule has 0 saturated carbocycles. The van der Waals surface area contributed by atoms with Gasteiger partial charge in [0.05, 0.1) is 12.5 Å². The maximum atomic E-state index is 8.61. The third-order valence-corrected chi connectivity index (χ3v) is 3.51. The Labute approximate surface area is 106 Å². The normalized spacial score (nSPS) is 9.50. The number of nitrogens with zero attached hydrogens (tertiary/aromatic N) is 2. The Bertz CT molecular complexity index is 370. The van der Waals surface area contributed by atoms with Crippen LogP contribution in [0.15, 0.2) is 30.3 Å². The molecule has 0 aliphatic heterocycles. The summed E-state index contributed by atoms with van der Waals surface area (Å²) >= 11 is 6.82. The van der Waals surface area contributed by atoms with Gasteiger partial charge in [0, 0.05) is 13.1 Å². The predicted octanol–water partition coefficient (Wildman–Crippen LogP) is 3.05. The highest BCUT2D eigenvalue weighted by Crippen LogP contribution is 2.11. The van der Waals surface area contributed by atoms with Crippen molar-refractivity contribution in [1.29, 1.82) is 5.26 Å². The first-order valence-corrected chi connectivity index (χ1v) is 6.65. The van der Waals surface area contributed by atoms with Crippen LogP contribution < -0.4 is 0 Å². The van der Waals surface area contributed by atoms with E-state index in [1.54, 1.807) is 11.8 Å². The number of rotatable bonds is 4. The minimum absolute atomic E-state index is 0.507. The maximum absolute atomic E-state index is 8.61. The van der Waals surface area contributed by atoms with Gasteiger partial charge >= 0.3 is 0 Å². The molecule has 0 fully saturated rings.